The molecule has 8 heteroatoms. The highest BCUT2D eigenvalue weighted by molar-refractivity contribution is 7.99. The van der Waals surface area contributed by atoms with Gasteiger partial charge in [-0.05, 0) is 6.92 Å². The summed E-state index contributed by atoms with van der Waals surface area (Å²) in [6, 6.07) is 12.0. The van der Waals surface area contributed by atoms with Crippen LogP contribution in [-0.4, -0.2) is 29.1 Å². The molecule has 0 spiro atoms. The zero-order valence-electron chi connectivity index (χ0n) is 13.9. The summed E-state index contributed by atoms with van der Waals surface area (Å²) >= 11 is 0.930. The van der Waals surface area contributed by atoms with E-state index in [9.17, 15) is 20.1 Å². The number of carbonyl (C=O) groups is 2. The molecule has 1 aromatic heterocycles. The van der Waals surface area contributed by atoms with Gasteiger partial charge in [0.2, 0.25) is 0 Å². The lowest BCUT2D eigenvalue weighted by molar-refractivity contribution is -0.139. The van der Waals surface area contributed by atoms with Gasteiger partial charge in [0.05, 0.1) is 23.5 Å². The molecule has 1 aromatic carbocycles. The minimum absolute atomic E-state index is 0.0844. The molecule has 1 heterocycles. The quantitative estimate of drug-likeness (QED) is 0.468. The summed E-state index contributed by atoms with van der Waals surface area (Å²) in [7, 11) is 0. The van der Waals surface area contributed by atoms with Crippen molar-refractivity contribution in [2.45, 2.75) is 11.9 Å². The summed E-state index contributed by atoms with van der Waals surface area (Å²) in [5.41, 5.74) is 5.77. The van der Waals surface area contributed by atoms with E-state index in [4.69, 9.17) is 10.5 Å². The predicted octanol–water partition coefficient (Wildman–Crippen LogP) is 2.29. The molecule has 0 aliphatic carbocycles. The van der Waals surface area contributed by atoms with Crippen LogP contribution >= 0.6 is 11.8 Å². The highest BCUT2D eigenvalue weighted by Gasteiger charge is 2.25. The van der Waals surface area contributed by atoms with Crippen molar-refractivity contribution in [3.8, 4) is 12.1 Å². The highest BCUT2D eigenvalue weighted by atomic mass is 32.2. The Hall–Kier alpha value is -3.36. The molecule has 0 aliphatic heterocycles. The van der Waals surface area contributed by atoms with Gasteiger partial charge in [0.1, 0.15) is 28.5 Å². The number of benzene rings is 1. The van der Waals surface area contributed by atoms with E-state index in [1.165, 1.54) is 0 Å². The number of aromatic nitrogens is 1. The fourth-order valence-corrected chi connectivity index (χ4v) is 2.99. The van der Waals surface area contributed by atoms with Crippen LogP contribution in [0.4, 0.5) is 5.82 Å². The number of esters is 1. The largest absolute Gasteiger partial charge is 0.465 e. The number of pyridine rings is 1. The van der Waals surface area contributed by atoms with Gasteiger partial charge in [0.25, 0.3) is 0 Å². The number of nitrogens with zero attached hydrogens (tertiary/aromatic N) is 3. The Labute approximate surface area is 154 Å². The van der Waals surface area contributed by atoms with Gasteiger partial charge in [-0.25, -0.2) is 4.98 Å². The van der Waals surface area contributed by atoms with Crippen LogP contribution in [-0.2, 0) is 9.53 Å². The lowest BCUT2D eigenvalue weighted by Gasteiger charge is -2.11. The third-order valence-electron chi connectivity index (χ3n) is 3.31. The molecular formula is C18H14N4O3S. The fourth-order valence-electron chi connectivity index (χ4n) is 2.19. The summed E-state index contributed by atoms with van der Waals surface area (Å²) in [6.07, 6.45) is 0. The fraction of sp³-hybridized carbons (Fsp3) is 0.167. The number of ketones is 1. The van der Waals surface area contributed by atoms with Crippen molar-refractivity contribution in [1.82, 2.24) is 4.98 Å². The number of rotatable bonds is 6. The van der Waals surface area contributed by atoms with Gasteiger partial charge in [-0.1, -0.05) is 42.1 Å². The van der Waals surface area contributed by atoms with Gasteiger partial charge < -0.3 is 10.5 Å². The number of nitrogens with two attached hydrogens (primary N) is 1. The van der Waals surface area contributed by atoms with Crippen molar-refractivity contribution in [3.63, 3.8) is 0 Å². The summed E-state index contributed by atoms with van der Waals surface area (Å²) < 4.78 is 4.84. The van der Waals surface area contributed by atoms with Gasteiger partial charge in [0.15, 0.2) is 5.78 Å². The van der Waals surface area contributed by atoms with E-state index in [1.54, 1.807) is 37.3 Å². The number of hydrogen-bond acceptors (Lipinski definition) is 8. The Kier molecular flexibility index (Phi) is 6.31. The van der Waals surface area contributed by atoms with E-state index >= 15 is 0 Å². The molecule has 0 radical (unpaired) electrons. The summed E-state index contributed by atoms with van der Waals surface area (Å²) in [5.74, 6) is -1.26. The Morgan fingerprint density at radius 3 is 2.42 bits per heavy atom. The molecule has 0 amide bonds. The van der Waals surface area contributed by atoms with Crippen LogP contribution in [0, 0.1) is 22.7 Å². The maximum Gasteiger partial charge on any atom is 0.316 e. The summed E-state index contributed by atoms with van der Waals surface area (Å²) in [5, 5.41) is 19.0. The van der Waals surface area contributed by atoms with Crippen LogP contribution in [0.3, 0.4) is 0 Å². The number of carbonyl (C=O) groups excluding carboxylic acids is 2. The third kappa shape index (κ3) is 4.00. The first-order chi connectivity index (χ1) is 12.5. The monoisotopic (exact) mass is 366 g/mol. The van der Waals surface area contributed by atoms with Crippen molar-refractivity contribution >= 4 is 29.3 Å². The molecule has 0 saturated carbocycles. The lowest BCUT2D eigenvalue weighted by Crippen LogP contribution is -2.13. The Morgan fingerprint density at radius 2 is 1.85 bits per heavy atom. The SMILES string of the molecule is CCOC(=O)CSc1nc(N)c(C#N)c(C(=O)c2ccccc2)c1C#N. The molecule has 130 valence electrons. The van der Waals surface area contributed by atoms with Crippen molar-refractivity contribution < 1.29 is 14.3 Å². The average molecular weight is 366 g/mol. The predicted molar refractivity (Wildman–Crippen MR) is 95.3 cm³/mol. The number of ether oxygens (including phenoxy) is 1. The average Bonchev–Trinajstić information content (AvgIpc) is 2.66. The summed E-state index contributed by atoms with van der Waals surface area (Å²) in [4.78, 5) is 28.4. The molecule has 2 rings (SSSR count). The van der Waals surface area contributed by atoms with E-state index in [0.717, 1.165) is 11.8 Å². The molecule has 0 aliphatic rings. The van der Waals surface area contributed by atoms with Crippen molar-refractivity contribution in [2.75, 3.05) is 18.1 Å². The van der Waals surface area contributed by atoms with E-state index < -0.39 is 11.8 Å². The molecule has 26 heavy (non-hydrogen) atoms. The molecule has 0 bridgehead atoms. The van der Waals surface area contributed by atoms with Crippen LogP contribution in [0.1, 0.15) is 34.0 Å². The Balaban J connectivity index is 2.55. The smallest absolute Gasteiger partial charge is 0.316 e. The van der Waals surface area contributed by atoms with Crippen molar-refractivity contribution in [1.29, 1.82) is 10.5 Å². The number of nitrogen functional groups attached to an aromatic ring is 1. The second-order valence-corrected chi connectivity index (χ2v) is 5.90. The standard InChI is InChI=1S/C18H14N4O3S/c1-2-25-14(23)10-26-18-13(9-20)15(12(8-19)17(21)22-18)16(24)11-6-4-3-5-7-11/h3-7H,2,10H2,1H3,(H2,21,22). The minimum Gasteiger partial charge on any atom is -0.465 e. The Morgan fingerprint density at radius 1 is 1.19 bits per heavy atom. The van der Waals surface area contributed by atoms with Gasteiger partial charge in [0, 0.05) is 5.56 Å². The van der Waals surface area contributed by atoms with Gasteiger partial charge >= 0.3 is 5.97 Å². The first-order valence-corrected chi connectivity index (χ1v) is 8.53. The van der Waals surface area contributed by atoms with Crippen LogP contribution in [0.15, 0.2) is 35.4 Å². The normalized spacial score (nSPS) is 9.81. The molecule has 0 fully saturated rings. The number of anilines is 1. The molecule has 0 atom stereocenters. The second-order valence-electron chi connectivity index (χ2n) is 4.94. The zero-order chi connectivity index (χ0) is 19.1. The molecule has 0 unspecified atom stereocenters. The topological polar surface area (TPSA) is 130 Å². The van der Waals surface area contributed by atoms with E-state index in [2.05, 4.69) is 4.98 Å². The molecule has 0 saturated heterocycles. The van der Waals surface area contributed by atoms with Gasteiger partial charge in [-0.2, -0.15) is 10.5 Å². The first-order valence-electron chi connectivity index (χ1n) is 7.55. The van der Waals surface area contributed by atoms with Crippen LogP contribution in [0.5, 0.6) is 0 Å². The third-order valence-corrected chi connectivity index (χ3v) is 4.26. The minimum atomic E-state index is -0.509. The maximum atomic E-state index is 12.9. The number of hydrogen-bond donors (Lipinski definition) is 1. The maximum absolute atomic E-state index is 12.9. The second kappa shape index (κ2) is 8.65. The first kappa shape index (κ1) is 19.0. The van der Waals surface area contributed by atoms with E-state index in [1.807, 2.05) is 12.1 Å². The van der Waals surface area contributed by atoms with Crippen LogP contribution < -0.4 is 5.73 Å². The molecule has 7 nitrogen and oxygen atoms in total. The van der Waals surface area contributed by atoms with Crippen molar-refractivity contribution in [2.24, 2.45) is 0 Å². The highest BCUT2D eigenvalue weighted by Crippen LogP contribution is 2.30. The molecule has 2 aromatic rings. The van der Waals surface area contributed by atoms with E-state index in [-0.39, 0.29) is 39.9 Å². The number of thioether (sulfide) groups is 1. The lowest BCUT2D eigenvalue weighted by atomic mass is 9.96. The Bertz CT molecular complexity index is 930. The van der Waals surface area contributed by atoms with Gasteiger partial charge in [-0.15, -0.1) is 0 Å². The van der Waals surface area contributed by atoms with Crippen LogP contribution in [0.2, 0.25) is 0 Å². The van der Waals surface area contributed by atoms with E-state index in [0.29, 0.717) is 5.56 Å². The zero-order valence-corrected chi connectivity index (χ0v) is 14.7. The molecule has 2 N–H and O–H groups in total. The number of nitriles is 2. The van der Waals surface area contributed by atoms with Crippen LogP contribution in [0.25, 0.3) is 0 Å². The summed E-state index contributed by atoms with van der Waals surface area (Å²) in [6.45, 7) is 1.91. The van der Waals surface area contributed by atoms with Gasteiger partial charge in [-0.3, -0.25) is 9.59 Å². The molecular weight excluding hydrogens is 352 g/mol. The van der Waals surface area contributed by atoms with Crippen molar-refractivity contribution in [3.05, 3.63) is 52.6 Å².